The van der Waals surface area contributed by atoms with E-state index in [2.05, 4.69) is 10.1 Å². The summed E-state index contributed by atoms with van der Waals surface area (Å²) in [7, 11) is 2.75. The number of hydrogen-bond donors (Lipinski definition) is 1. The SMILES string of the molecule is CNC(CCC(=O)OC)C(=O)c1cc(F)ccc1F. The molecule has 1 aromatic carbocycles. The van der Waals surface area contributed by atoms with Gasteiger partial charge < -0.3 is 10.1 Å². The van der Waals surface area contributed by atoms with Gasteiger partial charge in [-0.2, -0.15) is 0 Å². The second kappa shape index (κ2) is 6.94. The number of halogens is 2. The molecular formula is C13H15F2NO3. The first-order valence-corrected chi connectivity index (χ1v) is 5.73. The van der Waals surface area contributed by atoms with Gasteiger partial charge in [0.25, 0.3) is 0 Å². The number of rotatable bonds is 6. The second-order valence-electron chi connectivity index (χ2n) is 3.94. The van der Waals surface area contributed by atoms with Crippen molar-refractivity contribution in [3.8, 4) is 0 Å². The summed E-state index contributed by atoms with van der Waals surface area (Å²) in [6.45, 7) is 0. The number of esters is 1. The van der Waals surface area contributed by atoms with Gasteiger partial charge in [-0.05, 0) is 31.7 Å². The summed E-state index contributed by atoms with van der Waals surface area (Å²) in [5.41, 5.74) is -0.329. The molecular weight excluding hydrogens is 256 g/mol. The van der Waals surface area contributed by atoms with E-state index in [0.717, 1.165) is 18.2 Å². The maximum Gasteiger partial charge on any atom is 0.305 e. The quantitative estimate of drug-likeness (QED) is 0.632. The molecule has 0 saturated carbocycles. The fourth-order valence-electron chi connectivity index (χ4n) is 1.64. The molecule has 4 nitrogen and oxygen atoms in total. The number of carbonyl (C=O) groups excluding carboxylic acids is 2. The van der Waals surface area contributed by atoms with E-state index >= 15 is 0 Å². The van der Waals surface area contributed by atoms with Gasteiger partial charge in [0.15, 0.2) is 5.78 Å². The molecule has 0 aromatic heterocycles. The number of benzene rings is 1. The van der Waals surface area contributed by atoms with Crippen LogP contribution in [0.4, 0.5) is 8.78 Å². The van der Waals surface area contributed by atoms with Crippen LogP contribution in [0.2, 0.25) is 0 Å². The summed E-state index contributed by atoms with van der Waals surface area (Å²) in [5.74, 6) is -2.53. The Balaban J connectivity index is 2.83. The number of ketones is 1. The van der Waals surface area contributed by atoms with Gasteiger partial charge in [-0.25, -0.2) is 8.78 Å². The molecule has 0 aliphatic heterocycles. The van der Waals surface area contributed by atoms with E-state index in [9.17, 15) is 18.4 Å². The molecule has 0 aliphatic carbocycles. The summed E-state index contributed by atoms with van der Waals surface area (Å²) < 4.78 is 31.0. The van der Waals surface area contributed by atoms with E-state index in [1.54, 1.807) is 0 Å². The van der Waals surface area contributed by atoms with Crippen LogP contribution in [0.25, 0.3) is 0 Å². The number of likely N-dealkylation sites (N-methyl/N-ethyl adjacent to an activating group) is 1. The predicted molar refractivity (Wildman–Crippen MR) is 64.8 cm³/mol. The fraction of sp³-hybridized carbons (Fsp3) is 0.385. The summed E-state index contributed by atoms with van der Waals surface area (Å²) >= 11 is 0. The highest BCUT2D eigenvalue weighted by Crippen LogP contribution is 2.14. The Bertz CT molecular complexity index is 477. The van der Waals surface area contributed by atoms with Crippen LogP contribution in [-0.4, -0.2) is 32.0 Å². The molecule has 0 spiro atoms. The molecule has 1 aromatic rings. The molecule has 6 heteroatoms. The Kier molecular flexibility index (Phi) is 5.57. The molecule has 0 saturated heterocycles. The highest BCUT2D eigenvalue weighted by Gasteiger charge is 2.22. The van der Waals surface area contributed by atoms with Crippen LogP contribution in [0.5, 0.6) is 0 Å². The molecule has 0 radical (unpaired) electrons. The van der Waals surface area contributed by atoms with Crippen molar-refractivity contribution >= 4 is 11.8 Å². The third-order valence-electron chi connectivity index (χ3n) is 2.72. The molecule has 0 amide bonds. The first-order chi connectivity index (χ1) is 8.99. The molecule has 1 atom stereocenters. The largest absolute Gasteiger partial charge is 0.469 e. The highest BCUT2D eigenvalue weighted by molar-refractivity contribution is 6.00. The van der Waals surface area contributed by atoms with E-state index in [4.69, 9.17) is 0 Å². The summed E-state index contributed by atoms with van der Waals surface area (Å²) in [4.78, 5) is 23.0. The van der Waals surface area contributed by atoms with Crippen molar-refractivity contribution in [2.75, 3.05) is 14.2 Å². The van der Waals surface area contributed by atoms with Crippen molar-refractivity contribution in [1.29, 1.82) is 0 Å². The van der Waals surface area contributed by atoms with Crippen molar-refractivity contribution in [2.45, 2.75) is 18.9 Å². The third kappa shape index (κ3) is 4.10. The van der Waals surface area contributed by atoms with Gasteiger partial charge in [-0.1, -0.05) is 0 Å². The van der Waals surface area contributed by atoms with Crippen LogP contribution in [0.3, 0.4) is 0 Å². The predicted octanol–water partition coefficient (Wildman–Crippen LogP) is 1.69. The Labute approximate surface area is 109 Å². The smallest absolute Gasteiger partial charge is 0.305 e. The van der Waals surface area contributed by atoms with Crippen molar-refractivity contribution in [2.24, 2.45) is 0 Å². The van der Waals surface area contributed by atoms with E-state index < -0.39 is 29.4 Å². The molecule has 1 N–H and O–H groups in total. The van der Waals surface area contributed by atoms with Crippen LogP contribution in [0.1, 0.15) is 23.2 Å². The first kappa shape index (κ1) is 15.2. The summed E-state index contributed by atoms with van der Waals surface area (Å²) in [5, 5.41) is 2.68. The normalized spacial score (nSPS) is 12.0. The van der Waals surface area contributed by atoms with Gasteiger partial charge in [0.05, 0.1) is 18.7 Å². The van der Waals surface area contributed by atoms with Crippen LogP contribution < -0.4 is 5.32 Å². The zero-order chi connectivity index (χ0) is 14.4. The van der Waals surface area contributed by atoms with Crippen molar-refractivity contribution in [3.63, 3.8) is 0 Å². The lowest BCUT2D eigenvalue weighted by Gasteiger charge is -2.14. The lowest BCUT2D eigenvalue weighted by Crippen LogP contribution is -2.35. The van der Waals surface area contributed by atoms with E-state index in [-0.39, 0.29) is 18.4 Å². The Hall–Kier alpha value is -1.82. The number of hydrogen-bond acceptors (Lipinski definition) is 4. The molecule has 0 aliphatic rings. The molecule has 0 bridgehead atoms. The molecule has 0 heterocycles. The zero-order valence-corrected chi connectivity index (χ0v) is 10.7. The molecule has 19 heavy (non-hydrogen) atoms. The lowest BCUT2D eigenvalue weighted by atomic mass is 9.99. The Morgan fingerprint density at radius 1 is 1.37 bits per heavy atom. The van der Waals surface area contributed by atoms with Gasteiger partial charge in [-0.3, -0.25) is 9.59 Å². The van der Waals surface area contributed by atoms with Crippen LogP contribution in [0, 0.1) is 11.6 Å². The second-order valence-corrected chi connectivity index (χ2v) is 3.94. The maximum atomic E-state index is 13.5. The first-order valence-electron chi connectivity index (χ1n) is 5.73. The molecule has 1 unspecified atom stereocenters. The van der Waals surface area contributed by atoms with Gasteiger partial charge in [0, 0.05) is 6.42 Å². The van der Waals surface area contributed by atoms with E-state index in [1.807, 2.05) is 0 Å². The maximum absolute atomic E-state index is 13.5. The number of methoxy groups -OCH3 is 1. The minimum atomic E-state index is -0.787. The van der Waals surface area contributed by atoms with Gasteiger partial charge >= 0.3 is 5.97 Å². The average molecular weight is 271 g/mol. The van der Waals surface area contributed by atoms with Crippen LogP contribution >= 0.6 is 0 Å². The van der Waals surface area contributed by atoms with Gasteiger partial charge in [-0.15, -0.1) is 0 Å². The number of nitrogens with one attached hydrogen (secondary N) is 1. The summed E-state index contributed by atoms with van der Waals surface area (Å²) in [6.07, 6.45) is 0.169. The molecule has 0 fully saturated rings. The summed E-state index contributed by atoms with van der Waals surface area (Å²) in [6, 6.07) is 1.92. The third-order valence-corrected chi connectivity index (χ3v) is 2.72. The minimum Gasteiger partial charge on any atom is -0.469 e. The lowest BCUT2D eigenvalue weighted by molar-refractivity contribution is -0.140. The Morgan fingerprint density at radius 2 is 2.05 bits per heavy atom. The van der Waals surface area contributed by atoms with Crippen LogP contribution in [0.15, 0.2) is 18.2 Å². The van der Waals surface area contributed by atoms with E-state index in [0.29, 0.717) is 0 Å². The van der Waals surface area contributed by atoms with Crippen molar-refractivity contribution < 1.29 is 23.1 Å². The number of carbonyl (C=O) groups is 2. The zero-order valence-electron chi connectivity index (χ0n) is 10.7. The average Bonchev–Trinajstić information content (AvgIpc) is 2.41. The van der Waals surface area contributed by atoms with E-state index in [1.165, 1.54) is 14.2 Å². The minimum absolute atomic E-state index is 0.0185. The fourth-order valence-corrected chi connectivity index (χ4v) is 1.64. The monoisotopic (exact) mass is 271 g/mol. The van der Waals surface area contributed by atoms with Gasteiger partial charge in [0.1, 0.15) is 11.6 Å². The number of ether oxygens (including phenoxy) is 1. The topological polar surface area (TPSA) is 55.4 Å². The molecule has 104 valence electrons. The van der Waals surface area contributed by atoms with Gasteiger partial charge in [0.2, 0.25) is 0 Å². The highest BCUT2D eigenvalue weighted by atomic mass is 19.1. The Morgan fingerprint density at radius 3 is 2.63 bits per heavy atom. The van der Waals surface area contributed by atoms with Crippen molar-refractivity contribution in [1.82, 2.24) is 5.32 Å². The standard InChI is InChI=1S/C13H15F2NO3/c1-16-11(5-6-12(17)19-2)13(18)9-7-8(14)3-4-10(9)15/h3-4,7,11,16H,5-6H2,1-2H3. The van der Waals surface area contributed by atoms with Crippen molar-refractivity contribution in [3.05, 3.63) is 35.4 Å². The van der Waals surface area contributed by atoms with Crippen LogP contribution in [-0.2, 0) is 9.53 Å². The molecule has 1 rings (SSSR count). The number of Topliss-reactive ketones (excluding diaryl/α,β-unsaturated/α-hetero) is 1.